The normalized spacial score (nSPS) is 19.3. The van der Waals surface area contributed by atoms with E-state index >= 15 is 0 Å². The van der Waals surface area contributed by atoms with Crippen molar-refractivity contribution in [2.45, 2.75) is 32.6 Å². The molecule has 1 aliphatic carbocycles. The van der Waals surface area contributed by atoms with Crippen molar-refractivity contribution in [3.8, 4) is 11.5 Å². The maximum absolute atomic E-state index is 14.3. The van der Waals surface area contributed by atoms with Crippen LogP contribution >= 0.6 is 0 Å². The number of ether oxygens (including phenoxy) is 2. The van der Waals surface area contributed by atoms with E-state index < -0.39 is 40.6 Å². The number of halogens is 4. The van der Waals surface area contributed by atoms with Gasteiger partial charge in [-0.15, -0.1) is 0 Å². The lowest BCUT2D eigenvalue weighted by Crippen LogP contribution is -2.19. The molecule has 28 heavy (non-hydrogen) atoms. The quantitative estimate of drug-likeness (QED) is 0.283. The summed E-state index contributed by atoms with van der Waals surface area (Å²) in [5.41, 5.74) is -0.427. The molecule has 1 fully saturated rings. The van der Waals surface area contributed by atoms with E-state index in [0.717, 1.165) is 37.7 Å². The van der Waals surface area contributed by atoms with E-state index in [1.54, 1.807) is 0 Å². The molecule has 7 heteroatoms. The second kappa shape index (κ2) is 8.63. The first-order valence-corrected chi connectivity index (χ1v) is 9.12. The van der Waals surface area contributed by atoms with Gasteiger partial charge in [0.25, 0.3) is 0 Å². The molecule has 0 saturated heterocycles. The predicted molar refractivity (Wildman–Crippen MR) is 94.3 cm³/mol. The van der Waals surface area contributed by atoms with Gasteiger partial charge in [0.1, 0.15) is 17.3 Å². The van der Waals surface area contributed by atoms with Gasteiger partial charge in [-0.3, -0.25) is 0 Å². The van der Waals surface area contributed by atoms with Crippen LogP contribution in [0.5, 0.6) is 11.5 Å². The van der Waals surface area contributed by atoms with Crippen molar-refractivity contribution >= 4 is 5.97 Å². The van der Waals surface area contributed by atoms with Crippen LogP contribution in [0, 0.1) is 35.1 Å². The van der Waals surface area contributed by atoms with Gasteiger partial charge in [-0.1, -0.05) is 19.8 Å². The fourth-order valence-corrected chi connectivity index (χ4v) is 3.21. The largest absolute Gasteiger partial charge is 0.493 e. The summed E-state index contributed by atoms with van der Waals surface area (Å²) < 4.78 is 63.9. The zero-order valence-corrected chi connectivity index (χ0v) is 15.3. The van der Waals surface area contributed by atoms with E-state index in [2.05, 4.69) is 6.92 Å². The van der Waals surface area contributed by atoms with Gasteiger partial charge in [-0.2, -0.15) is 0 Å². The number of esters is 1. The molecule has 0 spiro atoms. The van der Waals surface area contributed by atoms with Crippen molar-refractivity contribution in [1.29, 1.82) is 0 Å². The number of carbonyl (C=O) groups is 1. The van der Waals surface area contributed by atoms with Crippen LogP contribution in [0.3, 0.4) is 0 Å². The zero-order valence-electron chi connectivity index (χ0n) is 15.3. The summed E-state index contributed by atoms with van der Waals surface area (Å²) in [6, 6.07) is 4.68. The molecule has 3 rings (SSSR count). The van der Waals surface area contributed by atoms with E-state index in [1.807, 2.05) is 0 Å². The Labute approximate surface area is 160 Å². The molecule has 150 valence electrons. The number of hydrogen-bond acceptors (Lipinski definition) is 3. The maximum Gasteiger partial charge on any atom is 0.346 e. The SMILES string of the molecule is C[C@H]1CC[C@H](COc2ccc(C(=O)Oc3cc(F)c(F)c(F)c3)c(F)c2)CC1. The van der Waals surface area contributed by atoms with E-state index in [4.69, 9.17) is 9.47 Å². The first kappa shape index (κ1) is 20.2. The first-order valence-electron chi connectivity index (χ1n) is 9.12. The van der Waals surface area contributed by atoms with Crippen LogP contribution in [0.1, 0.15) is 43.0 Å². The predicted octanol–water partition coefficient (Wildman–Crippen LogP) is 5.67. The van der Waals surface area contributed by atoms with Crippen LogP contribution in [0.15, 0.2) is 30.3 Å². The molecule has 0 N–H and O–H groups in total. The van der Waals surface area contributed by atoms with Crippen LogP contribution < -0.4 is 9.47 Å². The Morgan fingerprint density at radius 3 is 2.14 bits per heavy atom. The molecule has 2 aromatic rings. The highest BCUT2D eigenvalue weighted by Crippen LogP contribution is 2.29. The second-order valence-corrected chi connectivity index (χ2v) is 7.17. The smallest absolute Gasteiger partial charge is 0.346 e. The molecule has 0 aromatic heterocycles. The lowest BCUT2D eigenvalue weighted by atomic mass is 9.83. The molecule has 1 aliphatic rings. The summed E-state index contributed by atoms with van der Waals surface area (Å²) in [4.78, 5) is 12.0. The molecule has 0 unspecified atom stereocenters. The molecule has 0 bridgehead atoms. The molecule has 0 amide bonds. The first-order chi connectivity index (χ1) is 13.3. The summed E-state index contributed by atoms with van der Waals surface area (Å²) in [6.45, 7) is 2.70. The monoisotopic (exact) mass is 396 g/mol. The minimum absolute atomic E-state index is 0.284. The third kappa shape index (κ3) is 4.82. The van der Waals surface area contributed by atoms with Crippen LogP contribution in [0.25, 0.3) is 0 Å². The van der Waals surface area contributed by atoms with Crippen molar-refractivity contribution in [2.75, 3.05) is 6.61 Å². The highest BCUT2D eigenvalue weighted by molar-refractivity contribution is 5.91. The van der Waals surface area contributed by atoms with Crippen molar-refractivity contribution in [1.82, 2.24) is 0 Å². The van der Waals surface area contributed by atoms with Gasteiger partial charge < -0.3 is 9.47 Å². The van der Waals surface area contributed by atoms with Crippen molar-refractivity contribution in [3.63, 3.8) is 0 Å². The standard InChI is InChI=1S/C21H20F4O3/c1-12-2-4-13(5-3-12)11-27-14-6-7-16(17(22)8-14)21(26)28-15-9-18(23)20(25)19(24)10-15/h6-10,12-13H,2-5,11H2,1H3/t12-,13-. The number of benzene rings is 2. The molecule has 0 radical (unpaired) electrons. The lowest BCUT2D eigenvalue weighted by Gasteiger charge is -2.26. The Kier molecular flexibility index (Phi) is 6.21. The second-order valence-electron chi connectivity index (χ2n) is 7.17. The third-order valence-corrected chi connectivity index (χ3v) is 4.95. The van der Waals surface area contributed by atoms with Crippen molar-refractivity contribution < 1.29 is 31.8 Å². The Hall–Kier alpha value is -2.57. The maximum atomic E-state index is 14.3. The summed E-state index contributed by atoms with van der Waals surface area (Å²) in [6.07, 6.45) is 4.44. The Morgan fingerprint density at radius 1 is 0.929 bits per heavy atom. The topological polar surface area (TPSA) is 35.5 Å². The minimum Gasteiger partial charge on any atom is -0.493 e. The van der Waals surface area contributed by atoms with Gasteiger partial charge in [-0.25, -0.2) is 22.4 Å². The Balaban J connectivity index is 1.62. The van der Waals surface area contributed by atoms with Crippen LogP contribution in [0.4, 0.5) is 17.6 Å². The number of hydrogen-bond donors (Lipinski definition) is 0. The van der Waals surface area contributed by atoms with Crippen LogP contribution in [-0.2, 0) is 0 Å². The minimum atomic E-state index is -1.68. The lowest BCUT2D eigenvalue weighted by molar-refractivity contribution is 0.0728. The van der Waals surface area contributed by atoms with E-state index in [0.29, 0.717) is 24.7 Å². The fourth-order valence-electron chi connectivity index (χ4n) is 3.21. The highest BCUT2D eigenvalue weighted by Gasteiger charge is 2.20. The molecule has 0 atom stereocenters. The summed E-state index contributed by atoms with van der Waals surface area (Å²) >= 11 is 0. The van der Waals surface area contributed by atoms with Gasteiger partial charge in [-0.05, 0) is 36.8 Å². The van der Waals surface area contributed by atoms with E-state index in [9.17, 15) is 22.4 Å². The Morgan fingerprint density at radius 2 is 1.54 bits per heavy atom. The molecule has 0 aliphatic heterocycles. The summed E-state index contributed by atoms with van der Waals surface area (Å²) in [7, 11) is 0. The average molecular weight is 396 g/mol. The Bertz CT molecular complexity index is 838. The fraction of sp³-hybridized carbons (Fsp3) is 0.381. The van der Waals surface area contributed by atoms with Crippen molar-refractivity contribution in [2.24, 2.45) is 11.8 Å². The third-order valence-electron chi connectivity index (χ3n) is 4.95. The van der Waals surface area contributed by atoms with Gasteiger partial charge in [0.15, 0.2) is 17.5 Å². The number of carbonyl (C=O) groups excluding carboxylic acids is 1. The molecule has 1 saturated carbocycles. The molecule has 3 nitrogen and oxygen atoms in total. The molecular weight excluding hydrogens is 376 g/mol. The van der Waals surface area contributed by atoms with Gasteiger partial charge in [0.2, 0.25) is 0 Å². The van der Waals surface area contributed by atoms with Crippen LogP contribution in [0.2, 0.25) is 0 Å². The zero-order chi connectivity index (χ0) is 20.3. The van der Waals surface area contributed by atoms with Gasteiger partial charge in [0.05, 0.1) is 12.2 Å². The summed E-state index contributed by atoms with van der Waals surface area (Å²) in [5, 5.41) is 0. The van der Waals surface area contributed by atoms with Gasteiger partial charge in [0, 0.05) is 18.2 Å². The molecular formula is C21H20F4O3. The number of rotatable bonds is 5. The summed E-state index contributed by atoms with van der Waals surface area (Å²) in [5.74, 6) is -5.87. The molecule has 2 aromatic carbocycles. The van der Waals surface area contributed by atoms with E-state index in [1.165, 1.54) is 12.1 Å². The average Bonchev–Trinajstić information content (AvgIpc) is 2.65. The highest BCUT2D eigenvalue weighted by atomic mass is 19.2. The van der Waals surface area contributed by atoms with Gasteiger partial charge >= 0.3 is 5.97 Å². The van der Waals surface area contributed by atoms with E-state index in [-0.39, 0.29) is 5.75 Å². The molecule has 0 heterocycles. The van der Waals surface area contributed by atoms with Crippen LogP contribution in [-0.4, -0.2) is 12.6 Å². The van der Waals surface area contributed by atoms with Crippen molar-refractivity contribution in [3.05, 3.63) is 59.2 Å².